The Kier molecular flexibility index (Phi) is 7.39. The third kappa shape index (κ3) is 4.94. The molecule has 0 saturated heterocycles. The highest BCUT2D eigenvalue weighted by Gasteiger charge is 2.26. The number of para-hydroxylation sites is 5. The van der Waals surface area contributed by atoms with Crippen molar-refractivity contribution in [1.29, 1.82) is 0 Å². The number of aromatic nitrogens is 7. The molecule has 0 spiro atoms. The van der Waals surface area contributed by atoms with Crippen LogP contribution >= 0.6 is 0 Å². The van der Waals surface area contributed by atoms with Crippen molar-refractivity contribution in [1.82, 2.24) is 33.2 Å². The van der Waals surface area contributed by atoms with E-state index in [-0.39, 0.29) is 0 Å². The Morgan fingerprint density at radius 2 is 0.891 bits per heavy atom. The molecule has 0 fully saturated rings. The molecular formula is C57H37N7. The lowest BCUT2D eigenvalue weighted by Crippen LogP contribution is -2.10. The third-order valence-corrected chi connectivity index (χ3v) is 13.3. The third-order valence-electron chi connectivity index (χ3n) is 13.3. The van der Waals surface area contributed by atoms with Crippen LogP contribution in [0.3, 0.4) is 0 Å². The van der Waals surface area contributed by atoms with E-state index >= 15 is 0 Å². The van der Waals surface area contributed by atoms with E-state index in [4.69, 9.17) is 15.0 Å². The van der Waals surface area contributed by atoms with Crippen LogP contribution < -0.4 is 0 Å². The average Bonchev–Trinajstić information content (AvgIpc) is 4.09. The number of allylic oxidation sites excluding steroid dienone is 1. The second kappa shape index (κ2) is 13.5. The van der Waals surface area contributed by atoms with Gasteiger partial charge in [0.2, 0.25) is 11.9 Å². The number of benzene rings is 8. The van der Waals surface area contributed by atoms with Crippen LogP contribution in [0.1, 0.15) is 17.7 Å². The molecule has 0 unspecified atom stereocenters. The first-order valence-corrected chi connectivity index (χ1v) is 21.9. The number of fused-ring (bicyclic) bond motifs is 13. The molecule has 0 bridgehead atoms. The number of nitrogens with zero attached hydrogens (tertiary/aromatic N) is 7. The zero-order valence-electron chi connectivity index (χ0n) is 34.6. The molecule has 0 atom stereocenters. The van der Waals surface area contributed by atoms with E-state index in [1.165, 1.54) is 38.3 Å². The van der Waals surface area contributed by atoms with E-state index in [1.807, 2.05) is 18.2 Å². The Hall–Kier alpha value is -8.55. The van der Waals surface area contributed by atoms with E-state index in [1.54, 1.807) is 0 Å². The summed E-state index contributed by atoms with van der Waals surface area (Å²) in [6, 6.07) is 67.0. The van der Waals surface area contributed by atoms with Gasteiger partial charge in [0.1, 0.15) is 0 Å². The summed E-state index contributed by atoms with van der Waals surface area (Å²) in [5.41, 5.74) is 13.5. The fourth-order valence-electron chi connectivity index (χ4n) is 10.6. The summed E-state index contributed by atoms with van der Waals surface area (Å²) in [4.78, 5) is 16.3. The molecule has 64 heavy (non-hydrogen) atoms. The highest BCUT2D eigenvalue weighted by Crippen LogP contribution is 2.43. The highest BCUT2D eigenvalue weighted by molar-refractivity contribution is 6.22. The lowest BCUT2D eigenvalue weighted by atomic mass is 10.00. The van der Waals surface area contributed by atoms with Crippen LogP contribution in [-0.2, 0) is 6.42 Å². The van der Waals surface area contributed by atoms with Crippen molar-refractivity contribution in [2.24, 2.45) is 0 Å². The van der Waals surface area contributed by atoms with E-state index in [0.717, 1.165) is 79.0 Å². The maximum Gasteiger partial charge on any atom is 0.240 e. The predicted octanol–water partition coefficient (Wildman–Crippen LogP) is 13.7. The molecule has 14 rings (SSSR count). The number of hydrogen-bond acceptors (Lipinski definition) is 3. The van der Waals surface area contributed by atoms with Crippen LogP contribution in [0.2, 0.25) is 0 Å². The van der Waals surface area contributed by atoms with Gasteiger partial charge < -0.3 is 9.13 Å². The number of rotatable bonds is 5. The topological polar surface area (TPSA) is 58.4 Å². The van der Waals surface area contributed by atoms with Crippen molar-refractivity contribution in [2.45, 2.75) is 12.8 Å². The van der Waals surface area contributed by atoms with Gasteiger partial charge >= 0.3 is 0 Å². The first-order chi connectivity index (χ1) is 31.8. The van der Waals surface area contributed by atoms with Gasteiger partial charge in [0.25, 0.3) is 0 Å². The molecule has 1 aliphatic rings. The monoisotopic (exact) mass is 819 g/mol. The first kappa shape index (κ1) is 35.1. The molecule has 0 saturated carbocycles. The van der Waals surface area contributed by atoms with Crippen molar-refractivity contribution in [3.63, 3.8) is 0 Å². The second-order valence-electron chi connectivity index (χ2n) is 16.7. The summed E-state index contributed by atoms with van der Waals surface area (Å²) < 4.78 is 9.33. The summed E-state index contributed by atoms with van der Waals surface area (Å²) in [5.74, 6) is 1.72. The van der Waals surface area contributed by atoms with Crippen LogP contribution in [0, 0.1) is 0 Å². The van der Waals surface area contributed by atoms with Crippen LogP contribution in [0.4, 0.5) is 0 Å². The molecule has 300 valence electrons. The van der Waals surface area contributed by atoms with Gasteiger partial charge in [-0.3, -0.25) is 9.13 Å². The van der Waals surface area contributed by atoms with E-state index in [9.17, 15) is 0 Å². The highest BCUT2D eigenvalue weighted by atomic mass is 15.3. The largest absolute Gasteiger partial charge is 0.309 e. The molecule has 7 nitrogen and oxygen atoms in total. The molecule has 7 heteroatoms. The van der Waals surface area contributed by atoms with Gasteiger partial charge in [-0.15, -0.1) is 0 Å². The first-order valence-electron chi connectivity index (χ1n) is 21.9. The normalized spacial score (nSPS) is 12.8. The Labute approximate surface area is 367 Å². The molecule has 1 aliphatic carbocycles. The minimum Gasteiger partial charge on any atom is -0.309 e. The van der Waals surface area contributed by atoms with Crippen LogP contribution in [-0.4, -0.2) is 33.2 Å². The summed E-state index contributed by atoms with van der Waals surface area (Å²) in [6.45, 7) is 0. The second-order valence-corrected chi connectivity index (χ2v) is 16.7. The van der Waals surface area contributed by atoms with Crippen LogP contribution in [0.15, 0.2) is 194 Å². The quantitative estimate of drug-likeness (QED) is 0.174. The van der Waals surface area contributed by atoms with E-state index in [2.05, 4.69) is 200 Å². The molecule has 13 aromatic rings. The van der Waals surface area contributed by atoms with Crippen molar-refractivity contribution < 1.29 is 0 Å². The Bertz CT molecular complexity index is 4060. The maximum atomic E-state index is 5.55. The van der Waals surface area contributed by atoms with Crippen molar-refractivity contribution >= 4 is 82.4 Å². The molecule has 5 heterocycles. The van der Waals surface area contributed by atoms with Crippen LogP contribution in [0.5, 0.6) is 0 Å². The van der Waals surface area contributed by atoms with E-state index < -0.39 is 0 Å². The maximum absolute atomic E-state index is 5.55. The molecule has 0 N–H and O–H groups in total. The lowest BCUT2D eigenvalue weighted by Gasteiger charge is -2.13. The van der Waals surface area contributed by atoms with Gasteiger partial charge in [-0.05, 0) is 85.1 Å². The zero-order chi connectivity index (χ0) is 41.9. The average molecular weight is 820 g/mol. The smallest absolute Gasteiger partial charge is 0.240 e. The summed E-state index contributed by atoms with van der Waals surface area (Å²) >= 11 is 0. The molecule has 8 aromatic carbocycles. The van der Waals surface area contributed by atoms with Gasteiger partial charge in [-0.25, -0.2) is 0 Å². The summed E-state index contributed by atoms with van der Waals surface area (Å²) in [5, 5.41) is 8.23. The van der Waals surface area contributed by atoms with Gasteiger partial charge in [0.05, 0.1) is 38.6 Å². The number of aryl methyl sites for hydroxylation is 1. The lowest BCUT2D eigenvalue weighted by molar-refractivity contribution is 0.893. The van der Waals surface area contributed by atoms with Crippen molar-refractivity contribution in [2.75, 3.05) is 0 Å². The molecule has 0 amide bonds. The summed E-state index contributed by atoms with van der Waals surface area (Å²) in [7, 11) is 0. The summed E-state index contributed by atoms with van der Waals surface area (Å²) in [6.07, 6.45) is 6.64. The van der Waals surface area contributed by atoms with Gasteiger partial charge in [0.15, 0.2) is 5.82 Å². The Morgan fingerprint density at radius 3 is 1.55 bits per heavy atom. The minimum absolute atomic E-state index is 0.557. The van der Waals surface area contributed by atoms with Crippen LogP contribution in [0.25, 0.3) is 117 Å². The van der Waals surface area contributed by atoms with E-state index in [0.29, 0.717) is 17.7 Å². The van der Waals surface area contributed by atoms with Crippen molar-refractivity contribution in [3.8, 4) is 34.7 Å². The standard InChI is InChI=1S/C57H37N7/c1-4-18-36(19-5-1)55-58-56(63-49-31-17-13-27-43(49)53-50(63)33-32-42-39-24-10-15-29-47(39)62(54(42)53)38-22-8-3-9-23-38)60-57(59-55)64-48-30-16-12-26-41(48)45-34-51-44(35-52(45)64)40-25-11-14-28-46(40)61(51)37-20-6-2-7-21-37/h1-9,11-23,25-35H,10,24H2. The molecule has 0 radical (unpaired) electrons. The SMILES string of the molecule is C1=Cc2c(c3ccc4c(c5ccccc5n4-c4nc(-c5ccccc5)nc(-n5c6ccccc6c6cc7c(cc65)c5ccccc5n7-c5ccccc5)n4)c3n2-c2ccccc2)CC1. The zero-order valence-corrected chi connectivity index (χ0v) is 34.6. The number of hydrogen-bond donors (Lipinski definition) is 0. The fraction of sp³-hybridized carbons (Fsp3) is 0.0351. The Balaban J connectivity index is 1.09. The van der Waals surface area contributed by atoms with Gasteiger partial charge in [-0.2, -0.15) is 15.0 Å². The fourth-order valence-corrected chi connectivity index (χ4v) is 10.6. The molecule has 5 aromatic heterocycles. The van der Waals surface area contributed by atoms with Crippen molar-refractivity contribution in [3.05, 3.63) is 205 Å². The van der Waals surface area contributed by atoms with Gasteiger partial charge in [-0.1, -0.05) is 133 Å². The van der Waals surface area contributed by atoms with Gasteiger partial charge in [0, 0.05) is 60.3 Å². The predicted molar refractivity (Wildman–Crippen MR) is 262 cm³/mol. The molecular weight excluding hydrogens is 783 g/mol. The Morgan fingerprint density at radius 1 is 0.375 bits per heavy atom. The molecule has 0 aliphatic heterocycles. The minimum atomic E-state index is 0.557.